The van der Waals surface area contributed by atoms with Crippen LogP contribution in [0.2, 0.25) is 0 Å². The monoisotopic (exact) mass is 492 g/mol. The Hall–Kier alpha value is -3.53. The van der Waals surface area contributed by atoms with Gasteiger partial charge in [0.25, 0.3) is 5.91 Å². The van der Waals surface area contributed by atoms with Crippen molar-refractivity contribution in [2.24, 2.45) is 5.92 Å². The number of aromatic nitrogens is 4. The van der Waals surface area contributed by atoms with E-state index in [-0.39, 0.29) is 23.8 Å². The number of hydrogen-bond donors (Lipinski definition) is 1. The van der Waals surface area contributed by atoms with Gasteiger partial charge in [0, 0.05) is 38.9 Å². The molecule has 1 aliphatic heterocycles. The predicted molar refractivity (Wildman–Crippen MR) is 132 cm³/mol. The number of carbonyl (C=O) groups is 2. The van der Waals surface area contributed by atoms with Gasteiger partial charge in [-0.05, 0) is 24.1 Å². The number of hydrogen-bond acceptors (Lipinski definition) is 7. The number of nitrogens with one attached hydrogen (secondary N) is 1. The average molecular weight is 493 g/mol. The van der Waals surface area contributed by atoms with Crippen LogP contribution in [0, 0.1) is 5.92 Å². The van der Waals surface area contributed by atoms with Crippen molar-refractivity contribution in [2.45, 2.75) is 45.7 Å². The Labute approximate surface area is 207 Å². The number of carbonyl (C=O) groups excluding carboxylic acids is 2. The molecule has 3 aromatic heterocycles. The van der Waals surface area contributed by atoms with Crippen LogP contribution in [-0.4, -0.2) is 49.6 Å². The molecule has 0 saturated heterocycles. The van der Waals surface area contributed by atoms with Gasteiger partial charge in [0.15, 0.2) is 5.82 Å². The Balaban J connectivity index is 1.24. The number of para-hydroxylation sites is 1. The van der Waals surface area contributed by atoms with Gasteiger partial charge in [-0.3, -0.25) is 9.59 Å². The first-order chi connectivity index (χ1) is 17.0. The third kappa shape index (κ3) is 4.97. The van der Waals surface area contributed by atoms with Crippen molar-refractivity contribution in [3.05, 3.63) is 65.1 Å². The number of amides is 2. The molecule has 10 heteroatoms. The number of fused-ring (bicyclic) bond motifs is 2. The Morgan fingerprint density at radius 3 is 2.77 bits per heavy atom. The third-order valence-corrected chi connectivity index (χ3v) is 7.41. The number of rotatable bonds is 7. The van der Waals surface area contributed by atoms with Crippen molar-refractivity contribution in [1.82, 2.24) is 30.0 Å². The van der Waals surface area contributed by atoms with E-state index in [0.717, 1.165) is 26.9 Å². The van der Waals surface area contributed by atoms with Crippen LogP contribution in [0.1, 0.15) is 53.3 Å². The molecular weight excluding hydrogens is 464 g/mol. The van der Waals surface area contributed by atoms with Crippen LogP contribution in [0.4, 0.5) is 0 Å². The van der Waals surface area contributed by atoms with Gasteiger partial charge in [-0.2, -0.15) is 0 Å². The topological polar surface area (TPSA) is 106 Å². The van der Waals surface area contributed by atoms with Gasteiger partial charge in [0.05, 0.1) is 33.1 Å². The minimum Gasteiger partial charge on any atom is -0.472 e. The van der Waals surface area contributed by atoms with Crippen LogP contribution < -0.4 is 5.32 Å². The molecule has 2 amide bonds. The molecule has 182 valence electrons. The van der Waals surface area contributed by atoms with E-state index in [9.17, 15) is 9.59 Å². The quantitative estimate of drug-likeness (QED) is 0.422. The lowest BCUT2D eigenvalue weighted by atomic mass is 10.0. The molecule has 0 spiro atoms. The fraction of sp³-hybridized carbons (Fsp3) is 0.400. The zero-order chi connectivity index (χ0) is 24.4. The molecule has 4 aromatic rings. The first-order valence-electron chi connectivity index (χ1n) is 11.9. The van der Waals surface area contributed by atoms with Gasteiger partial charge in [-0.1, -0.05) is 26.0 Å². The molecule has 1 atom stereocenters. The van der Waals surface area contributed by atoms with E-state index in [4.69, 9.17) is 4.42 Å². The Morgan fingerprint density at radius 1 is 1.14 bits per heavy atom. The van der Waals surface area contributed by atoms with Crippen LogP contribution in [0.5, 0.6) is 0 Å². The molecule has 0 unspecified atom stereocenters. The lowest BCUT2D eigenvalue weighted by Crippen LogP contribution is -2.35. The number of aryl methyl sites for hydroxylation is 1. The van der Waals surface area contributed by atoms with Crippen molar-refractivity contribution in [2.75, 3.05) is 13.1 Å². The van der Waals surface area contributed by atoms with E-state index in [1.807, 2.05) is 36.9 Å². The molecule has 5 rings (SSSR count). The summed E-state index contributed by atoms with van der Waals surface area (Å²) in [5.41, 5.74) is 1.45. The third-order valence-electron chi connectivity index (χ3n) is 6.31. The summed E-state index contributed by atoms with van der Waals surface area (Å²) >= 11 is 1.65. The van der Waals surface area contributed by atoms with Gasteiger partial charge in [-0.25, -0.2) is 4.98 Å². The van der Waals surface area contributed by atoms with Crippen LogP contribution in [0.3, 0.4) is 0 Å². The molecule has 35 heavy (non-hydrogen) atoms. The largest absolute Gasteiger partial charge is 0.472 e. The highest BCUT2D eigenvalue weighted by molar-refractivity contribution is 7.18. The van der Waals surface area contributed by atoms with E-state index in [1.54, 1.807) is 17.4 Å². The normalized spacial score (nSPS) is 14.7. The molecule has 0 fully saturated rings. The van der Waals surface area contributed by atoms with Crippen LogP contribution in [0.25, 0.3) is 10.2 Å². The smallest absolute Gasteiger partial charge is 0.255 e. The van der Waals surface area contributed by atoms with E-state index in [0.29, 0.717) is 44.5 Å². The zero-order valence-electron chi connectivity index (χ0n) is 19.8. The average Bonchev–Trinajstić information content (AvgIpc) is 3.58. The van der Waals surface area contributed by atoms with Crippen LogP contribution in [0.15, 0.2) is 47.3 Å². The molecule has 1 N–H and O–H groups in total. The van der Waals surface area contributed by atoms with Gasteiger partial charge in [-0.15, -0.1) is 21.5 Å². The molecule has 1 aromatic carbocycles. The molecule has 0 saturated carbocycles. The maximum atomic E-state index is 13.0. The molecule has 9 nitrogen and oxygen atoms in total. The fourth-order valence-corrected chi connectivity index (χ4v) is 5.34. The van der Waals surface area contributed by atoms with E-state index in [1.165, 1.54) is 12.5 Å². The first-order valence-corrected chi connectivity index (χ1v) is 12.7. The first kappa shape index (κ1) is 23.2. The summed E-state index contributed by atoms with van der Waals surface area (Å²) in [6.45, 7) is 5.85. The molecule has 4 heterocycles. The van der Waals surface area contributed by atoms with Crippen molar-refractivity contribution < 1.29 is 14.0 Å². The number of furan rings is 1. The van der Waals surface area contributed by atoms with Gasteiger partial charge < -0.3 is 19.2 Å². The van der Waals surface area contributed by atoms with Crippen molar-refractivity contribution in [3.8, 4) is 0 Å². The predicted octanol–water partition coefficient (Wildman–Crippen LogP) is 3.63. The summed E-state index contributed by atoms with van der Waals surface area (Å²) in [6, 6.07) is 9.37. The van der Waals surface area contributed by atoms with Crippen LogP contribution in [-0.2, 0) is 24.2 Å². The lowest BCUT2D eigenvalue weighted by molar-refractivity contribution is -0.131. The number of nitrogens with zero attached hydrogens (tertiary/aromatic N) is 5. The van der Waals surface area contributed by atoms with Crippen molar-refractivity contribution in [3.63, 3.8) is 0 Å². The second-order valence-electron chi connectivity index (χ2n) is 9.04. The maximum Gasteiger partial charge on any atom is 0.255 e. The standard InChI is InChI=1S/C25H28N6O3S/c1-16(2)23(27-25(33)17-10-14-34-15-17)24-29-28-20-9-11-30(12-13-31(20)24)22(32)8-7-21-26-18-5-3-4-6-19(18)35-21/h3-6,10,14-16,23H,7-9,11-13H2,1-2H3,(H,27,33)/t23-/m0/s1. The van der Waals surface area contributed by atoms with Gasteiger partial charge >= 0.3 is 0 Å². The van der Waals surface area contributed by atoms with E-state index < -0.39 is 0 Å². The Bertz CT molecular complexity index is 1290. The molecule has 0 radical (unpaired) electrons. The minimum absolute atomic E-state index is 0.106. The molecule has 1 aliphatic rings. The van der Waals surface area contributed by atoms with E-state index in [2.05, 4.69) is 31.1 Å². The molecule has 0 bridgehead atoms. The maximum absolute atomic E-state index is 13.0. The highest BCUT2D eigenvalue weighted by atomic mass is 32.1. The summed E-state index contributed by atoms with van der Waals surface area (Å²) in [4.78, 5) is 32.2. The Morgan fingerprint density at radius 2 is 2.00 bits per heavy atom. The Kier molecular flexibility index (Phi) is 6.63. The fourth-order valence-electron chi connectivity index (χ4n) is 4.37. The molecule has 0 aliphatic carbocycles. The SMILES string of the molecule is CC(C)[C@H](NC(=O)c1ccoc1)c1nnc2n1CCN(C(=O)CCc1nc3ccccc3s1)CC2. The van der Waals surface area contributed by atoms with E-state index >= 15 is 0 Å². The second-order valence-corrected chi connectivity index (χ2v) is 10.2. The zero-order valence-corrected chi connectivity index (χ0v) is 20.6. The van der Waals surface area contributed by atoms with Crippen LogP contribution >= 0.6 is 11.3 Å². The summed E-state index contributed by atoms with van der Waals surface area (Å²) in [5, 5.41) is 12.9. The summed E-state index contributed by atoms with van der Waals surface area (Å²) in [5.74, 6) is 1.57. The summed E-state index contributed by atoms with van der Waals surface area (Å²) < 4.78 is 8.24. The summed E-state index contributed by atoms with van der Waals surface area (Å²) in [6.07, 6.45) is 4.60. The second kappa shape index (κ2) is 9.99. The minimum atomic E-state index is -0.306. The number of thiazole rings is 1. The van der Waals surface area contributed by atoms with Gasteiger partial charge in [0.2, 0.25) is 5.91 Å². The number of benzene rings is 1. The van der Waals surface area contributed by atoms with Crippen molar-refractivity contribution in [1.29, 1.82) is 0 Å². The highest BCUT2D eigenvalue weighted by Crippen LogP contribution is 2.25. The highest BCUT2D eigenvalue weighted by Gasteiger charge is 2.29. The lowest BCUT2D eigenvalue weighted by Gasteiger charge is -2.23. The molecular formula is C25H28N6O3S. The van der Waals surface area contributed by atoms with Crippen molar-refractivity contribution >= 4 is 33.4 Å². The summed E-state index contributed by atoms with van der Waals surface area (Å²) in [7, 11) is 0. The van der Waals surface area contributed by atoms with Gasteiger partial charge in [0.1, 0.15) is 12.1 Å².